The van der Waals surface area contributed by atoms with Gasteiger partial charge in [-0.1, -0.05) is 57.5 Å². The highest BCUT2D eigenvalue weighted by Gasteiger charge is 2.54. The van der Waals surface area contributed by atoms with Crippen LogP contribution in [0.2, 0.25) is 0 Å². The first-order chi connectivity index (χ1) is 10.9. The summed E-state index contributed by atoms with van der Waals surface area (Å²) in [4.78, 5) is 0. The summed E-state index contributed by atoms with van der Waals surface area (Å²) in [5.74, 6) is 0.974. The molecule has 0 radical (unpaired) electrons. The van der Waals surface area contributed by atoms with Crippen molar-refractivity contribution in [3.63, 3.8) is 0 Å². The second kappa shape index (κ2) is 6.57. The zero-order valence-corrected chi connectivity index (χ0v) is 14.9. The van der Waals surface area contributed by atoms with Crippen LogP contribution in [-0.2, 0) is 11.3 Å². The third kappa shape index (κ3) is 3.34. The minimum absolute atomic E-state index is 0.207. The number of ether oxygens (including phenoxy) is 1. The van der Waals surface area contributed by atoms with E-state index in [9.17, 15) is 5.11 Å². The van der Waals surface area contributed by atoms with E-state index in [0.717, 1.165) is 6.42 Å². The second-order valence-corrected chi connectivity index (χ2v) is 8.65. The number of fused-ring (bicyclic) bond motifs is 1. The molecule has 0 bridgehead atoms. The van der Waals surface area contributed by atoms with E-state index in [0.29, 0.717) is 24.5 Å². The molecule has 2 heteroatoms. The van der Waals surface area contributed by atoms with Gasteiger partial charge in [0.05, 0.1) is 19.3 Å². The molecule has 1 aromatic carbocycles. The van der Waals surface area contributed by atoms with Gasteiger partial charge in [0.25, 0.3) is 0 Å². The van der Waals surface area contributed by atoms with Gasteiger partial charge in [0.1, 0.15) is 0 Å². The third-order valence-corrected chi connectivity index (χ3v) is 6.75. The van der Waals surface area contributed by atoms with E-state index in [1.807, 2.05) is 6.07 Å². The van der Waals surface area contributed by atoms with E-state index >= 15 is 0 Å². The van der Waals surface area contributed by atoms with Gasteiger partial charge in [0.15, 0.2) is 0 Å². The number of hydrogen-bond donors (Lipinski definition) is 1. The molecule has 1 N–H and O–H groups in total. The minimum Gasteiger partial charge on any atom is -0.393 e. The molecule has 2 aliphatic rings. The van der Waals surface area contributed by atoms with Gasteiger partial charge in [-0.25, -0.2) is 0 Å². The van der Waals surface area contributed by atoms with Crippen molar-refractivity contribution in [2.24, 2.45) is 22.7 Å². The Labute approximate surface area is 141 Å². The van der Waals surface area contributed by atoms with Gasteiger partial charge in [-0.2, -0.15) is 0 Å². The van der Waals surface area contributed by atoms with Crippen molar-refractivity contribution < 1.29 is 9.84 Å². The van der Waals surface area contributed by atoms with Crippen molar-refractivity contribution in [1.29, 1.82) is 0 Å². The molecule has 0 aromatic heterocycles. The summed E-state index contributed by atoms with van der Waals surface area (Å²) < 4.78 is 6.05. The number of rotatable bonds is 4. The van der Waals surface area contributed by atoms with Crippen LogP contribution in [0.3, 0.4) is 0 Å². The Morgan fingerprint density at radius 1 is 1.09 bits per heavy atom. The van der Waals surface area contributed by atoms with Gasteiger partial charge < -0.3 is 9.84 Å². The van der Waals surface area contributed by atoms with Crippen LogP contribution in [0.4, 0.5) is 0 Å². The molecule has 2 fully saturated rings. The highest BCUT2D eigenvalue weighted by Crippen LogP contribution is 2.59. The smallest absolute Gasteiger partial charge is 0.0717 e. The molecule has 3 rings (SSSR count). The van der Waals surface area contributed by atoms with Crippen LogP contribution in [0.25, 0.3) is 0 Å². The highest BCUT2D eigenvalue weighted by molar-refractivity contribution is 5.13. The molecule has 128 valence electrons. The molecule has 0 unspecified atom stereocenters. The van der Waals surface area contributed by atoms with Gasteiger partial charge in [0.2, 0.25) is 0 Å². The van der Waals surface area contributed by atoms with E-state index in [4.69, 9.17) is 4.74 Å². The number of benzene rings is 1. The van der Waals surface area contributed by atoms with Crippen LogP contribution in [0, 0.1) is 22.7 Å². The largest absolute Gasteiger partial charge is 0.393 e. The molecular weight excluding hydrogens is 284 g/mol. The summed E-state index contributed by atoms with van der Waals surface area (Å²) in [7, 11) is 0. The van der Waals surface area contributed by atoms with E-state index in [2.05, 4.69) is 45.0 Å². The molecule has 2 aliphatic carbocycles. The summed E-state index contributed by atoms with van der Waals surface area (Å²) in [6.45, 7) is 8.59. The Hall–Kier alpha value is -0.860. The van der Waals surface area contributed by atoms with E-state index < -0.39 is 0 Å². The van der Waals surface area contributed by atoms with Gasteiger partial charge in [-0.05, 0) is 48.0 Å². The third-order valence-electron chi connectivity index (χ3n) is 6.75. The normalized spacial score (nSPS) is 36.4. The predicted octanol–water partition coefficient (Wildman–Crippen LogP) is 4.81. The highest BCUT2D eigenvalue weighted by atomic mass is 16.5. The summed E-state index contributed by atoms with van der Waals surface area (Å²) >= 11 is 0. The molecule has 0 spiro atoms. The Kier molecular flexibility index (Phi) is 4.85. The van der Waals surface area contributed by atoms with Gasteiger partial charge in [-0.15, -0.1) is 0 Å². The van der Waals surface area contributed by atoms with Gasteiger partial charge in [0, 0.05) is 5.92 Å². The van der Waals surface area contributed by atoms with Crippen LogP contribution in [-0.4, -0.2) is 17.8 Å². The lowest BCUT2D eigenvalue weighted by atomic mass is 9.48. The van der Waals surface area contributed by atoms with Crippen molar-refractivity contribution in [1.82, 2.24) is 0 Å². The summed E-state index contributed by atoms with van der Waals surface area (Å²) in [6, 6.07) is 10.3. The monoisotopic (exact) mass is 316 g/mol. The maximum Gasteiger partial charge on any atom is 0.0717 e. The zero-order chi connectivity index (χ0) is 16.5. The second-order valence-electron chi connectivity index (χ2n) is 8.65. The Balaban J connectivity index is 1.69. The van der Waals surface area contributed by atoms with E-state index in [-0.39, 0.29) is 17.4 Å². The first-order valence-electron chi connectivity index (χ1n) is 9.23. The van der Waals surface area contributed by atoms with E-state index in [1.165, 1.54) is 31.2 Å². The van der Waals surface area contributed by atoms with Gasteiger partial charge in [-0.3, -0.25) is 0 Å². The van der Waals surface area contributed by atoms with Crippen molar-refractivity contribution in [3.8, 4) is 0 Å². The Bertz CT molecular complexity index is 510. The van der Waals surface area contributed by atoms with Crippen LogP contribution >= 0.6 is 0 Å². The van der Waals surface area contributed by atoms with E-state index in [1.54, 1.807) is 0 Å². The molecule has 0 amide bonds. The fraction of sp³-hybridized carbons (Fsp3) is 0.714. The lowest BCUT2D eigenvalue weighted by Gasteiger charge is -2.58. The minimum atomic E-state index is -0.207. The Morgan fingerprint density at radius 2 is 1.83 bits per heavy atom. The maximum absolute atomic E-state index is 10.7. The molecule has 23 heavy (non-hydrogen) atoms. The summed E-state index contributed by atoms with van der Waals surface area (Å²) in [6.07, 6.45) is 5.73. The zero-order valence-electron chi connectivity index (χ0n) is 14.9. The maximum atomic E-state index is 10.7. The van der Waals surface area contributed by atoms with Crippen LogP contribution in [0.15, 0.2) is 30.3 Å². The van der Waals surface area contributed by atoms with Crippen molar-refractivity contribution in [3.05, 3.63) is 35.9 Å². The topological polar surface area (TPSA) is 29.5 Å². The van der Waals surface area contributed by atoms with Crippen LogP contribution in [0.1, 0.15) is 58.4 Å². The quantitative estimate of drug-likeness (QED) is 0.864. The molecule has 4 atom stereocenters. The summed E-state index contributed by atoms with van der Waals surface area (Å²) in [5, 5.41) is 10.7. The number of aliphatic hydroxyl groups is 1. The molecule has 2 saturated carbocycles. The molecule has 1 aromatic rings. The van der Waals surface area contributed by atoms with Crippen molar-refractivity contribution >= 4 is 0 Å². The fourth-order valence-electron chi connectivity index (χ4n) is 5.49. The predicted molar refractivity (Wildman–Crippen MR) is 94.1 cm³/mol. The average Bonchev–Trinajstić information content (AvgIpc) is 2.50. The molecule has 0 aliphatic heterocycles. The molecular formula is C21H32O2. The SMILES string of the molecule is CC1(C)CCC[C@]2(C)[C@@H](COCc3ccccc3)[C@H](O)CC[C@@H]12. The fourth-order valence-corrected chi connectivity index (χ4v) is 5.49. The van der Waals surface area contributed by atoms with Gasteiger partial charge >= 0.3 is 0 Å². The summed E-state index contributed by atoms with van der Waals surface area (Å²) in [5.41, 5.74) is 1.82. The first kappa shape index (κ1) is 17.0. The Morgan fingerprint density at radius 3 is 2.57 bits per heavy atom. The lowest BCUT2D eigenvalue weighted by molar-refractivity contribution is -0.145. The molecule has 0 heterocycles. The van der Waals surface area contributed by atoms with Crippen molar-refractivity contribution in [2.45, 2.75) is 65.6 Å². The van der Waals surface area contributed by atoms with Crippen molar-refractivity contribution in [2.75, 3.05) is 6.61 Å². The molecule has 2 nitrogen and oxygen atoms in total. The number of hydrogen-bond acceptors (Lipinski definition) is 2. The molecule has 0 saturated heterocycles. The van der Waals surface area contributed by atoms with Crippen LogP contribution in [0.5, 0.6) is 0 Å². The lowest BCUT2D eigenvalue weighted by Crippen LogP contribution is -2.54. The first-order valence-corrected chi connectivity index (χ1v) is 9.23. The van der Waals surface area contributed by atoms with Crippen LogP contribution < -0.4 is 0 Å². The number of aliphatic hydroxyl groups excluding tert-OH is 1. The standard InChI is InChI=1S/C21H32O2/c1-20(2)12-7-13-21(3)17(18(22)10-11-19(20)21)15-23-14-16-8-5-4-6-9-16/h4-6,8-9,17-19,22H,7,10-15H2,1-3H3/t17-,18+,19-,21+/m0/s1. The average molecular weight is 316 g/mol.